The van der Waals surface area contributed by atoms with Crippen LogP contribution in [-0.2, 0) is 6.54 Å². The molecular weight excluding hydrogens is 265 g/mol. The number of rotatable bonds is 2. The molecule has 3 aromatic rings. The number of hydrogen-bond donors (Lipinski definition) is 0. The molecule has 1 aromatic carbocycles. The SMILES string of the molecule is Cc1cc(Cn2cnc3c(Cl)nccc32)ccc1F. The Hall–Kier alpha value is -1.94. The molecule has 0 spiro atoms. The molecule has 0 atom stereocenters. The van der Waals surface area contributed by atoms with E-state index in [1.807, 2.05) is 16.7 Å². The molecule has 0 radical (unpaired) electrons. The number of nitrogens with zero attached hydrogens (tertiary/aromatic N) is 3. The van der Waals surface area contributed by atoms with Crippen LogP contribution in [0, 0.1) is 12.7 Å². The van der Waals surface area contributed by atoms with Crippen molar-refractivity contribution in [3.63, 3.8) is 0 Å². The summed E-state index contributed by atoms with van der Waals surface area (Å²) < 4.78 is 15.2. The third-order valence-corrected chi connectivity index (χ3v) is 3.35. The Bertz CT molecular complexity index is 752. The highest BCUT2D eigenvalue weighted by Gasteiger charge is 2.07. The predicted molar refractivity (Wildman–Crippen MR) is 72.8 cm³/mol. The Morgan fingerprint density at radius 1 is 1.26 bits per heavy atom. The van der Waals surface area contributed by atoms with Crippen molar-refractivity contribution in [1.29, 1.82) is 0 Å². The highest BCUT2D eigenvalue weighted by Crippen LogP contribution is 2.20. The normalized spacial score (nSPS) is 11.1. The number of pyridine rings is 1. The number of aryl methyl sites for hydroxylation is 1. The van der Waals surface area contributed by atoms with Gasteiger partial charge >= 0.3 is 0 Å². The van der Waals surface area contributed by atoms with Crippen LogP contribution in [0.2, 0.25) is 5.15 Å². The lowest BCUT2D eigenvalue weighted by molar-refractivity contribution is 0.617. The van der Waals surface area contributed by atoms with Gasteiger partial charge in [0.05, 0.1) is 11.8 Å². The van der Waals surface area contributed by atoms with Crippen LogP contribution in [0.25, 0.3) is 11.0 Å². The average Bonchev–Trinajstić information content (AvgIpc) is 2.79. The first-order valence-electron chi connectivity index (χ1n) is 5.85. The molecule has 0 bridgehead atoms. The van der Waals surface area contributed by atoms with Crippen molar-refractivity contribution in [2.75, 3.05) is 0 Å². The third kappa shape index (κ3) is 2.19. The van der Waals surface area contributed by atoms with E-state index in [0.717, 1.165) is 11.1 Å². The van der Waals surface area contributed by atoms with Gasteiger partial charge in [-0.15, -0.1) is 0 Å². The van der Waals surface area contributed by atoms with E-state index in [-0.39, 0.29) is 5.82 Å². The minimum atomic E-state index is -0.188. The Morgan fingerprint density at radius 3 is 2.89 bits per heavy atom. The molecule has 0 saturated carbocycles. The van der Waals surface area contributed by atoms with Crippen LogP contribution >= 0.6 is 11.6 Å². The fraction of sp³-hybridized carbons (Fsp3) is 0.143. The van der Waals surface area contributed by atoms with E-state index in [1.54, 1.807) is 25.5 Å². The summed E-state index contributed by atoms with van der Waals surface area (Å²) in [6, 6.07) is 6.96. The molecule has 0 aliphatic rings. The maximum Gasteiger partial charge on any atom is 0.156 e. The molecule has 3 rings (SSSR count). The Morgan fingerprint density at radius 2 is 2.11 bits per heavy atom. The predicted octanol–water partition coefficient (Wildman–Crippen LogP) is 3.58. The van der Waals surface area contributed by atoms with Crippen molar-refractivity contribution in [2.24, 2.45) is 0 Å². The van der Waals surface area contributed by atoms with Crippen LogP contribution in [0.4, 0.5) is 4.39 Å². The van der Waals surface area contributed by atoms with Crippen LogP contribution < -0.4 is 0 Å². The Labute approximate surface area is 114 Å². The fourth-order valence-corrected chi connectivity index (χ4v) is 2.29. The lowest BCUT2D eigenvalue weighted by Crippen LogP contribution is -1.99. The summed E-state index contributed by atoms with van der Waals surface area (Å²) in [4.78, 5) is 8.24. The molecule has 0 saturated heterocycles. The maximum absolute atomic E-state index is 13.2. The first kappa shape index (κ1) is 12.1. The summed E-state index contributed by atoms with van der Waals surface area (Å²) in [7, 11) is 0. The number of imidazole rings is 1. The molecule has 0 fully saturated rings. The molecule has 0 aliphatic carbocycles. The van der Waals surface area contributed by atoms with Crippen molar-refractivity contribution in [2.45, 2.75) is 13.5 Å². The Kier molecular flexibility index (Phi) is 2.95. The second-order valence-electron chi connectivity index (χ2n) is 4.43. The molecule has 19 heavy (non-hydrogen) atoms. The van der Waals surface area contributed by atoms with Crippen LogP contribution in [0.1, 0.15) is 11.1 Å². The maximum atomic E-state index is 13.2. The van der Waals surface area contributed by atoms with Crippen molar-refractivity contribution in [1.82, 2.24) is 14.5 Å². The summed E-state index contributed by atoms with van der Waals surface area (Å²) in [6.07, 6.45) is 3.37. The lowest BCUT2D eigenvalue weighted by Gasteiger charge is -2.06. The molecule has 2 heterocycles. The van der Waals surface area contributed by atoms with Gasteiger partial charge in [0, 0.05) is 12.7 Å². The second-order valence-corrected chi connectivity index (χ2v) is 4.78. The number of fused-ring (bicyclic) bond motifs is 1. The van der Waals surface area contributed by atoms with Crippen LogP contribution in [0.15, 0.2) is 36.8 Å². The smallest absolute Gasteiger partial charge is 0.156 e. The zero-order chi connectivity index (χ0) is 13.4. The summed E-state index contributed by atoms with van der Waals surface area (Å²) >= 11 is 5.98. The number of halogens is 2. The van der Waals surface area contributed by atoms with Gasteiger partial charge in [-0.3, -0.25) is 0 Å². The molecular formula is C14H11ClFN3. The van der Waals surface area contributed by atoms with Gasteiger partial charge in [-0.1, -0.05) is 23.7 Å². The van der Waals surface area contributed by atoms with E-state index in [9.17, 15) is 4.39 Å². The van der Waals surface area contributed by atoms with Crippen molar-refractivity contribution in [3.8, 4) is 0 Å². The van der Waals surface area contributed by atoms with Gasteiger partial charge in [0.15, 0.2) is 5.15 Å². The second kappa shape index (κ2) is 4.63. The minimum absolute atomic E-state index is 0.188. The van der Waals surface area contributed by atoms with Gasteiger partial charge in [-0.2, -0.15) is 0 Å². The van der Waals surface area contributed by atoms with E-state index >= 15 is 0 Å². The van der Waals surface area contributed by atoms with Crippen molar-refractivity contribution < 1.29 is 4.39 Å². The highest BCUT2D eigenvalue weighted by molar-refractivity contribution is 6.33. The highest BCUT2D eigenvalue weighted by atomic mass is 35.5. The quantitative estimate of drug-likeness (QED) is 0.669. The summed E-state index contributed by atoms with van der Waals surface area (Å²) in [5.74, 6) is -0.188. The van der Waals surface area contributed by atoms with E-state index < -0.39 is 0 Å². The van der Waals surface area contributed by atoms with Gasteiger partial charge in [0.1, 0.15) is 11.3 Å². The molecule has 5 heteroatoms. The first-order valence-corrected chi connectivity index (χ1v) is 6.23. The van der Waals surface area contributed by atoms with E-state index in [4.69, 9.17) is 11.6 Å². The Balaban J connectivity index is 2.01. The largest absolute Gasteiger partial charge is 0.326 e. The topological polar surface area (TPSA) is 30.7 Å². The molecule has 0 aliphatic heterocycles. The fourth-order valence-electron chi connectivity index (χ4n) is 2.09. The molecule has 2 aromatic heterocycles. The molecule has 96 valence electrons. The number of benzene rings is 1. The molecule has 0 unspecified atom stereocenters. The van der Waals surface area contributed by atoms with Gasteiger partial charge in [-0.25, -0.2) is 14.4 Å². The summed E-state index contributed by atoms with van der Waals surface area (Å²) in [5, 5.41) is 0.395. The van der Waals surface area contributed by atoms with Crippen LogP contribution in [-0.4, -0.2) is 14.5 Å². The lowest BCUT2D eigenvalue weighted by atomic mass is 10.1. The van der Waals surface area contributed by atoms with Gasteiger partial charge in [-0.05, 0) is 30.2 Å². The zero-order valence-corrected chi connectivity index (χ0v) is 11.0. The van der Waals surface area contributed by atoms with Crippen LogP contribution in [0.3, 0.4) is 0 Å². The summed E-state index contributed by atoms with van der Waals surface area (Å²) in [6.45, 7) is 2.38. The average molecular weight is 276 g/mol. The van der Waals surface area contributed by atoms with Crippen LogP contribution in [0.5, 0.6) is 0 Å². The number of aromatic nitrogens is 3. The standard InChI is InChI=1S/C14H11ClFN3/c1-9-6-10(2-3-11(9)16)7-19-8-18-13-12(19)4-5-17-14(13)15/h2-6,8H,7H2,1H3. The van der Waals surface area contributed by atoms with Gasteiger partial charge in [0.25, 0.3) is 0 Å². The van der Waals surface area contributed by atoms with E-state index in [2.05, 4.69) is 9.97 Å². The van der Waals surface area contributed by atoms with E-state index in [1.165, 1.54) is 6.07 Å². The van der Waals surface area contributed by atoms with E-state index in [0.29, 0.717) is 22.8 Å². The third-order valence-electron chi connectivity index (χ3n) is 3.07. The van der Waals surface area contributed by atoms with Crippen molar-refractivity contribution >= 4 is 22.6 Å². The summed E-state index contributed by atoms with van der Waals surface area (Å²) in [5.41, 5.74) is 3.26. The first-order chi connectivity index (χ1) is 9.15. The number of hydrogen-bond acceptors (Lipinski definition) is 2. The zero-order valence-electron chi connectivity index (χ0n) is 10.3. The molecule has 0 N–H and O–H groups in total. The monoisotopic (exact) mass is 275 g/mol. The van der Waals surface area contributed by atoms with Gasteiger partial charge in [0.2, 0.25) is 0 Å². The molecule has 0 amide bonds. The molecule has 3 nitrogen and oxygen atoms in total. The van der Waals surface area contributed by atoms with Gasteiger partial charge < -0.3 is 4.57 Å². The minimum Gasteiger partial charge on any atom is -0.326 e. The van der Waals surface area contributed by atoms with Crippen molar-refractivity contribution in [3.05, 3.63) is 58.9 Å².